The van der Waals surface area contributed by atoms with E-state index in [-0.39, 0.29) is 37.6 Å². The first-order chi connectivity index (χ1) is 24.3. The van der Waals surface area contributed by atoms with Gasteiger partial charge in [-0.15, -0.1) is 0 Å². The summed E-state index contributed by atoms with van der Waals surface area (Å²) in [6, 6.07) is -7.00. The quantitative estimate of drug-likeness (QED) is 0.0536. The number of nitrogens with one attached hydrogen (secondary N) is 4. The maximum atomic E-state index is 13.8. The molecule has 2 rings (SSSR count). The van der Waals surface area contributed by atoms with E-state index in [0.717, 1.165) is 6.92 Å². The van der Waals surface area contributed by atoms with Crippen LogP contribution in [0.2, 0.25) is 0 Å². The number of likely N-dealkylation sites (tertiary alicyclic amines) is 1. The first-order valence-electron chi connectivity index (χ1n) is 16.7. The maximum Gasteiger partial charge on any atom is 0.469 e. The zero-order chi connectivity index (χ0) is 39.3. The Bertz CT molecular complexity index is 1450. The number of nitrogens with two attached hydrogens (primary N) is 1. The maximum absolute atomic E-state index is 13.8. The molecule has 1 aromatic heterocycles. The number of amides is 6. The lowest BCUT2D eigenvalue weighted by Crippen LogP contribution is -2.61. The largest absolute Gasteiger partial charge is 0.469 e. The number of aromatic nitrogens is 2. The van der Waals surface area contributed by atoms with Gasteiger partial charge in [-0.3, -0.25) is 33.3 Å². The van der Waals surface area contributed by atoms with Gasteiger partial charge >= 0.3 is 7.82 Å². The molecule has 1 fully saturated rings. The molecule has 0 bridgehead atoms. The van der Waals surface area contributed by atoms with Crippen LogP contribution in [0, 0.1) is 5.92 Å². The lowest BCUT2D eigenvalue weighted by atomic mass is 10.0. The number of phosphoric acid groups is 1. The molecule has 1 saturated heterocycles. The minimum atomic E-state index is -5.12. The predicted octanol–water partition coefficient (Wildman–Crippen LogP) is -3.86. The van der Waals surface area contributed by atoms with Crippen LogP contribution in [0.5, 0.6) is 0 Å². The Kier molecular flexibility index (Phi) is 17.3. The summed E-state index contributed by atoms with van der Waals surface area (Å²) in [6.07, 6.45) is 1.10. The third kappa shape index (κ3) is 13.9. The number of hydrogen-bond donors (Lipinski definition) is 10. The second-order valence-corrected chi connectivity index (χ2v) is 14.2. The first-order valence-corrected chi connectivity index (χ1v) is 18.2. The Balaban J connectivity index is 2.37. The van der Waals surface area contributed by atoms with Crippen molar-refractivity contribution >= 4 is 43.3 Å². The Morgan fingerprint density at radius 2 is 1.60 bits per heavy atom. The van der Waals surface area contributed by atoms with Crippen molar-refractivity contribution in [2.24, 2.45) is 11.7 Å². The van der Waals surface area contributed by atoms with Gasteiger partial charge in [0.2, 0.25) is 35.4 Å². The third-order valence-corrected chi connectivity index (χ3v) is 8.86. The second-order valence-electron chi connectivity index (χ2n) is 13.0. The van der Waals surface area contributed by atoms with E-state index in [2.05, 4.69) is 30.8 Å². The van der Waals surface area contributed by atoms with Gasteiger partial charge in [0.1, 0.15) is 30.2 Å². The van der Waals surface area contributed by atoms with Gasteiger partial charge in [-0.05, 0) is 38.5 Å². The SMILES string of the molecule is CC(=O)N1CCCC1C(=O)N[C@@H](CC(C)C)C(=O)N[C@@H](Cc1cncn1CC[C@@H](O)CO)C(=O)N[C@@H](CO)C(=O)N[C@H](C(N)=O)[C@@H](C)OP(=O)(O)O. The second kappa shape index (κ2) is 20.3. The highest BCUT2D eigenvalue weighted by Crippen LogP contribution is 2.38. The van der Waals surface area contributed by atoms with Crippen LogP contribution < -0.4 is 27.0 Å². The van der Waals surface area contributed by atoms with Crippen molar-refractivity contribution in [3.63, 3.8) is 0 Å². The Labute approximate surface area is 300 Å². The molecule has 0 radical (unpaired) electrons. The van der Waals surface area contributed by atoms with Crippen LogP contribution in [0.4, 0.5) is 0 Å². The van der Waals surface area contributed by atoms with Crippen molar-refractivity contribution in [2.45, 2.75) is 109 Å². The van der Waals surface area contributed by atoms with Crippen LogP contribution in [-0.4, -0.2) is 137 Å². The number of rotatable bonds is 21. The van der Waals surface area contributed by atoms with E-state index in [0.29, 0.717) is 25.1 Å². The van der Waals surface area contributed by atoms with Crippen molar-refractivity contribution in [3.05, 3.63) is 18.2 Å². The number of carbonyl (C=O) groups is 6. The molecular formula is C30H51N8O13P. The number of aryl methyl sites for hydroxylation is 1. The highest BCUT2D eigenvalue weighted by molar-refractivity contribution is 7.46. The Morgan fingerprint density at radius 3 is 2.15 bits per heavy atom. The molecule has 1 aliphatic rings. The summed E-state index contributed by atoms with van der Waals surface area (Å²) in [5.74, 6) is -5.18. The number of hydrogen-bond acceptors (Lipinski definition) is 12. The molecule has 21 nitrogen and oxygen atoms in total. The molecule has 0 saturated carbocycles. The topological polar surface area (TPSA) is 325 Å². The standard InChI is InChI=1S/C30H51N8O13P/c1-16(2)10-21(34-30(47)24-6-5-8-38(24)18(4)41)27(44)33-22(11-19-12-32-15-37(19)9-7-20(42)13-39)28(45)35-23(14-40)29(46)36-25(26(31)43)17(3)51-52(48,49)50/h12,15-17,20-25,39-40,42H,5-11,13-14H2,1-4H3,(H2,31,43)(H,33,44)(H,34,47)(H,35,45)(H,36,46)(H2,48,49,50)/t17-,20-,21+,22+,23+,24?,25+/m1/s1. The molecule has 0 spiro atoms. The van der Waals surface area contributed by atoms with E-state index >= 15 is 0 Å². The average molecular weight is 763 g/mol. The molecule has 52 heavy (non-hydrogen) atoms. The fourth-order valence-corrected chi connectivity index (χ4v) is 6.15. The van der Waals surface area contributed by atoms with E-state index in [1.54, 1.807) is 4.57 Å². The van der Waals surface area contributed by atoms with Crippen LogP contribution in [-0.2, 0) is 50.8 Å². The number of aliphatic hydroxyl groups is 3. The number of primary amides is 1. The van der Waals surface area contributed by atoms with E-state index in [1.807, 2.05) is 13.8 Å². The van der Waals surface area contributed by atoms with Gasteiger partial charge in [0, 0.05) is 38.3 Å². The lowest BCUT2D eigenvalue weighted by Gasteiger charge is -2.28. The summed E-state index contributed by atoms with van der Waals surface area (Å²) >= 11 is 0. The van der Waals surface area contributed by atoms with Crippen molar-refractivity contribution in [1.82, 2.24) is 35.7 Å². The summed E-state index contributed by atoms with van der Waals surface area (Å²) in [5, 5.41) is 38.7. The predicted molar refractivity (Wildman–Crippen MR) is 180 cm³/mol. The van der Waals surface area contributed by atoms with Crippen molar-refractivity contribution in [3.8, 4) is 0 Å². The Hall–Kier alpha value is -3.98. The van der Waals surface area contributed by atoms with Crippen LogP contribution >= 0.6 is 7.82 Å². The highest BCUT2D eigenvalue weighted by atomic mass is 31.2. The monoisotopic (exact) mass is 762 g/mol. The van der Waals surface area contributed by atoms with Gasteiger partial charge in [-0.25, -0.2) is 9.55 Å². The van der Waals surface area contributed by atoms with Crippen molar-refractivity contribution < 1.29 is 63.0 Å². The molecule has 0 aliphatic carbocycles. The van der Waals surface area contributed by atoms with Crippen LogP contribution in [0.1, 0.15) is 59.1 Å². The normalized spacial score (nSPS) is 18.1. The van der Waals surface area contributed by atoms with Gasteiger partial charge in [-0.2, -0.15) is 0 Å². The minimum Gasteiger partial charge on any atom is -0.394 e. The molecular weight excluding hydrogens is 711 g/mol. The van der Waals surface area contributed by atoms with Gasteiger partial charge in [0.25, 0.3) is 0 Å². The fourth-order valence-electron chi connectivity index (χ4n) is 5.59. The number of carbonyl (C=O) groups excluding carboxylic acids is 6. The number of aliphatic hydroxyl groups excluding tert-OH is 3. The number of phosphoric ester groups is 1. The summed E-state index contributed by atoms with van der Waals surface area (Å²) in [5.41, 5.74) is 5.66. The first kappa shape index (κ1) is 44.2. The van der Waals surface area contributed by atoms with Gasteiger partial charge in [0.15, 0.2) is 0 Å². The fraction of sp³-hybridized carbons (Fsp3) is 0.700. The van der Waals surface area contributed by atoms with Crippen molar-refractivity contribution in [1.29, 1.82) is 0 Å². The average Bonchev–Trinajstić information content (AvgIpc) is 3.73. The molecule has 2 heterocycles. The molecule has 11 N–H and O–H groups in total. The summed E-state index contributed by atoms with van der Waals surface area (Å²) in [7, 11) is -5.12. The highest BCUT2D eigenvalue weighted by Gasteiger charge is 2.37. The summed E-state index contributed by atoms with van der Waals surface area (Å²) < 4.78 is 17.3. The molecule has 1 aromatic rings. The van der Waals surface area contributed by atoms with Crippen LogP contribution in [0.3, 0.4) is 0 Å². The molecule has 294 valence electrons. The number of imidazole rings is 1. The molecule has 22 heteroatoms. The lowest BCUT2D eigenvalue weighted by molar-refractivity contribution is -0.139. The smallest absolute Gasteiger partial charge is 0.394 e. The van der Waals surface area contributed by atoms with E-state index in [9.17, 15) is 48.7 Å². The summed E-state index contributed by atoms with van der Waals surface area (Å²) in [6.45, 7) is 5.02. The number of nitrogens with zero attached hydrogens (tertiary/aromatic N) is 3. The molecule has 6 amide bonds. The Morgan fingerprint density at radius 1 is 0.981 bits per heavy atom. The van der Waals surface area contributed by atoms with Gasteiger partial charge in [-0.1, -0.05) is 13.8 Å². The van der Waals surface area contributed by atoms with Crippen LogP contribution in [0.15, 0.2) is 12.5 Å². The zero-order valence-electron chi connectivity index (χ0n) is 29.5. The zero-order valence-corrected chi connectivity index (χ0v) is 30.4. The van der Waals surface area contributed by atoms with E-state index in [4.69, 9.17) is 15.5 Å². The molecule has 7 atom stereocenters. The van der Waals surface area contributed by atoms with E-state index < -0.39 is 93.0 Å². The third-order valence-electron chi connectivity index (χ3n) is 8.25. The molecule has 1 unspecified atom stereocenters. The molecule has 0 aromatic carbocycles. The van der Waals surface area contributed by atoms with Crippen molar-refractivity contribution in [2.75, 3.05) is 19.8 Å². The van der Waals surface area contributed by atoms with Gasteiger partial charge in [0.05, 0.1) is 31.7 Å². The molecule has 1 aliphatic heterocycles. The van der Waals surface area contributed by atoms with E-state index in [1.165, 1.54) is 24.3 Å². The summed E-state index contributed by atoms with van der Waals surface area (Å²) in [4.78, 5) is 102. The minimum absolute atomic E-state index is 0.113. The van der Waals surface area contributed by atoms with Gasteiger partial charge < -0.3 is 61.6 Å². The van der Waals surface area contributed by atoms with Crippen LogP contribution in [0.25, 0.3) is 0 Å².